The summed E-state index contributed by atoms with van der Waals surface area (Å²) < 4.78 is 32.6. The Balaban J connectivity index is 1.76. The maximum atomic E-state index is 12.3. The van der Waals surface area contributed by atoms with Gasteiger partial charge in [0.15, 0.2) is 0 Å². The van der Waals surface area contributed by atoms with Crippen molar-refractivity contribution in [2.45, 2.75) is 32.6 Å². The van der Waals surface area contributed by atoms with E-state index in [0.717, 1.165) is 31.4 Å². The summed E-state index contributed by atoms with van der Waals surface area (Å²) in [6.07, 6.45) is 3.59. The number of rotatable bonds is 9. The van der Waals surface area contributed by atoms with Crippen LogP contribution in [0.3, 0.4) is 0 Å². The van der Waals surface area contributed by atoms with Gasteiger partial charge in [-0.15, -0.1) is 0 Å². The van der Waals surface area contributed by atoms with Crippen LogP contribution in [-0.4, -0.2) is 63.3 Å². The van der Waals surface area contributed by atoms with E-state index < -0.39 is 10.2 Å². The van der Waals surface area contributed by atoms with Gasteiger partial charge in [-0.3, -0.25) is 4.79 Å². The van der Waals surface area contributed by atoms with Gasteiger partial charge in [0, 0.05) is 39.3 Å². The zero-order chi connectivity index (χ0) is 19.9. The Kier molecular flexibility index (Phi) is 8.07. The van der Waals surface area contributed by atoms with Crippen LogP contribution in [-0.2, 0) is 10.2 Å². The molecule has 0 aliphatic carbocycles. The Labute approximate surface area is 162 Å². The molecule has 1 amide bonds. The molecular weight excluding hydrogens is 366 g/mol. The van der Waals surface area contributed by atoms with Crippen LogP contribution < -0.4 is 10.1 Å². The largest absolute Gasteiger partial charge is 0.494 e. The molecule has 152 valence electrons. The van der Waals surface area contributed by atoms with Gasteiger partial charge in [0.05, 0.1) is 6.61 Å². The number of hydrogen-bond donors (Lipinski definition) is 1. The SMILES string of the molecule is CCCCOc1ccc(C(=O)NCC2CCN(S(=O)(=O)N(C)C)CC2)cc1. The minimum Gasteiger partial charge on any atom is -0.494 e. The van der Waals surface area contributed by atoms with Gasteiger partial charge in [-0.05, 0) is 49.4 Å². The number of carbonyl (C=O) groups is 1. The van der Waals surface area contributed by atoms with Crippen LogP contribution in [0.5, 0.6) is 5.75 Å². The van der Waals surface area contributed by atoms with Crippen molar-refractivity contribution in [1.29, 1.82) is 0 Å². The van der Waals surface area contributed by atoms with Crippen LogP contribution in [0.2, 0.25) is 0 Å². The molecule has 1 heterocycles. The second kappa shape index (κ2) is 10.1. The Hall–Kier alpha value is -1.64. The van der Waals surface area contributed by atoms with E-state index in [2.05, 4.69) is 12.2 Å². The summed E-state index contributed by atoms with van der Waals surface area (Å²) in [6.45, 7) is 4.34. The van der Waals surface area contributed by atoms with E-state index in [9.17, 15) is 13.2 Å². The number of unbranched alkanes of at least 4 members (excludes halogenated alkanes) is 1. The topological polar surface area (TPSA) is 79.0 Å². The molecule has 0 bridgehead atoms. The number of benzene rings is 1. The highest BCUT2D eigenvalue weighted by Gasteiger charge is 2.29. The van der Waals surface area contributed by atoms with E-state index in [0.29, 0.717) is 37.7 Å². The fourth-order valence-corrected chi connectivity index (χ4v) is 4.09. The first-order chi connectivity index (χ1) is 12.8. The first-order valence-electron chi connectivity index (χ1n) is 9.53. The van der Waals surface area contributed by atoms with Crippen LogP contribution >= 0.6 is 0 Å². The highest BCUT2D eigenvalue weighted by molar-refractivity contribution is 7.86. The lowest BCUT2D eigenvalue weighted by Crippen LogP contribution is -2.45. The summed E-state index contributed by atoms with van der Waals surface area (Å²) >= 11 is 0. The third kappa shape index (κ3) is 6.19. The van der Waals surface area contributed by atoms with Gasteiger partial charge in [-0.25, -0.2) is 0 Å². The molecule has 1 aromatic rings. The van der Waals surface area contributed by atoms with Crippen molar-refractivity contribution < 1.29 is 17.9 Å². The van der Waals surface area contributed by atoms with Crippen molar-refractivity contribution in [3.63, 3.8) is 0 Å². The molecular formula is C19H31N3O4S. The molecule has 8 heteroatoms. The lowest BCUT2D eigenvalue weighted by atomic mass is 9.98. The molecule has 1 aromatic carbocycles. The minimum absolute atomic E-state index is 0.113. The predicted octanol–water partition coefficient (Wildman–Crippen LogP) is 2.11. The number of hydrogen-bond acceptors (Lipinski definition) is 4. The van der Waals surface area contributed by atoms with Gasteiger partial charge in [0.1, 0.15) is 5.75 Å². The van der Waals surface area contributed by atoms with E-state index in [1.165, 1.54) is 8.61 Å². The quantitative estimate of drug-likeness (QED) is 0.648. The molecule has 2 rings (SSSR count). The summed E-state index contributed by atoms with van der Waals surface area (Å²) in [5, 5.41) is 2.96. The van der Waals surface area contributed by atoms with Gasteiger partial charge >= 0.3 is 0 Å². The maximum absolute atomic E-state index is 12.3. The van der Waals surface area contributed by atoms with Gasteiger partial charge in [-0.2, -0.15) is 17.0 Å². The summed E-state index contributed by atoms with van der Waals surface area (Å²) in [4.78, 5) is 12.3. The molecule has 0 unspecified atom stereocenters. The summed E-state index contributed by atoms with van der Waals surface area (Å²) in [5.74, 6) is 0.951. The zero-order valence-electron chi connectivity index (χ0n) is 16.5. The highest BCUT2D eigenvalue weighted by atomic mass is 32.2. The van der Waals surface area contributed by atoms with E-state index in [1.54, 1.807) is 26.2 Å². The summed E-state index contributed by atoms with van der Waals surface area (Å²) in [7, 11) is -0.256. The first kappa shape index (κ1) is 21.7. The van der Waals surface area contributed by atoms with Gasteiger partial charge in [0.2, 0.25) is 0 Å². The molecule has 7 nitrogen and oxygen atoms in total. The third-order valence-corrected chi connectivity index (χ3v) is 6.74. The third-order valence-electron chi connectivity index (χ3n) is 4.80. The van der Waals surface area contributed by atoms with Crippen LogP contribution in [0, 0.1) is 5.92 Å². The van der Waals surface area contributed by atoms with Crippen molar-refractivity contribution >= 4 is 16.1 Å². The van der Waals surface area contributed by atoms with Crippen LogP contribution in [0.4, 0.5) is 0 Å². The molecule has 1 fully saturated rings. The van der Waals surface area contributed by atoms with Crippen molar-refractivity contribution in [2.24, 2.45) is 5.92 Å². The number of nitrogens with one attached hydrogen (secondary N) is 1. The van der Waals surface area contributed by atoms with E-state index >= 15 is 0 Å². The molecule has 0 spiro atoms. The van der Waals surface area contributed by atoms with E-state index in [-0.39, 0.29) is 5.91 Å². The van der Waals surface area contributed by atoms with Crippen molar-refractivity contribution in [2.75, 3.05) is 40.3 Å². The van der Waals surface area contributed by atoms with Gasteiger partial charge in [-0.1, -0.05) is 13.3 Å². The molecule has 0 aromatic heterocycles. The maximum Gasteiger partial charge on any atom is 0.281 e. The Morgan fingerprint density at radius 3 is 2.41 bits per heavy atom. The van der Waals surface area contributed by atoms with E-state index in [4.69, 9.17) is 4.74 Å². The molecule has 0 saturated carbocycles. The van der Waals surface area contributed by atoms with Gasteiger partial charge in [0.25, 0.3) is 16.1 Å². The zero-order valence-corrected chi connectivity index (χ0v) is 17.3. The standard InChI is InChI=1S/C19H31N3O4S/c1-4-5-14-26-18-8-6-17(7-9-18)19(23)20-15-16-10-12-22(13-11-16)27(24,25)21(2)3/h6-9,16H,4-5,10-15H2,1-3H3,(H,20,23). The molecule has 1 aliphatic rings. The molecule has 27 heavy (non-hydrogen) atoms. The minimum atomic E-state index is -3.34. The Morgan fingerprint density at radius 1 is 1.22 bits per heavy atom. The fourth-order valence-electron chi connectivity index (χ4n) is 2.95. The van der Waals surface area contributed by atoms with Crippen molar-refractivity contribution in [3.05, 3.63) is 29.8 Å². The number of amides is 1. The summed E-state index contributed by atoms with van der Waals surface area (Å²) in [6, 6.07) is 7.16. The first-order valence-corrected chi connectivity index (χ1v) is 10.9. The molecule has 0 atom stereocenters. The van der Waals surface area contributed by atoms with Crippen LogP contribution in [0.25, 0.3) is 0 Å². The van der Waals surface area contributed by atoms with E-state index in [1.807, 2.05) is 12.1 Å². The Bertz CT molecular complexity index is 696. The normalized spacial score (nSPS) is 16.4. The average molecular weight is 398 g/mol. The number of piperidine rings is 1. The Morgan fingerprint density at radius 2 is 1.85 bits per heavy atom. The molecule has 1 saturated heterocycles. The molecule has 1 aliphatic heterocycles. The molecule has 1 N–H and O–H groups in total. The monoisotopic (exact) mass is 397 g/mol. The number of carbonyl (C=O) groups excluding carboxylic acids is 1. The summed E-state index contributed by atoms with van der Waals surface area (Å²) in [5.41, 5.74) is 0.602. The second-order valence-electron chi connectivity index (χ2n) is 7.07. The highest BCUT2D eigenvalue weighted by Crippen LogP contribution is 2.20. The lowest BCUT2D eigenvalue weighted by molar-refractivity contribution is 0.0941. The van der Waals surface area contributed by atoms with Crippen molar-refractivity contribution in [1.82, 2.24) is 13.9 Å². The van der Waals surface area contributed by atoms with Crippen LogP contribution in [0.1, 0.15) is 43.0 Å². The fraction of sp³-hybridized carbons (Fsp3) is 0.632. The lowest BCUT2D eigenvalue weighted by Gasteiger charge is -2.32. The average Bonchev–Trinajstić information content (AvgIpc) is 2.67. The van der Waals surface area contributed by atoms with Crippen LogP contribution in [0.15, 0.2) is 24.3 Å². The second-order valence-corrected chi connectivity index (χ2v) is 9.21. The van der Waals surface area contributed by atoms with Crippen molar-refractivity contribution in [3.8, 4) is 5.75 Å². The van der Waals surface area contributed by atoms with Gasteiger partial charge < -0.3 is 10.1 Å². The predicted molar refractivity (Wildman–Crippen MR) is 106 cm³/mol. The smallest absolute Gasteiger partial charge is 0.281 e. The number of ether oxygens (including phenoxy) is 1. The number of nitrogens with zero attached hydrogens (tertiary/aromatic N) is 2. The molecule has 0 radical (unpaired) electrons.